The number of rotatable bonds is 3. The average molecular weight is 313 g/mol. The Bertz CT molecular complexity index is 425. The van der Waals surface area contributed by atoms with Crippen LogP contribution < -0.4 is 0 Å². The van der Waals surface area contributed by atoms with Gasteiger partial charge in [0, 0.05) is 19.8 Å². The summed E-state index contributed by atoms with van der Waals surface area (Å²) in [6.07, 6.45) is 2.90. The normalized spacial score (nSPS) is 27.0. The van der Waals surface area contributed by atoms with Gasteiger partial charge in [-0.05, 0) is 58.8 Å². The second kappa shape index (κ2) is 6.44. The van der Waals surface area contributed by atoms with E-state index in [1.54, 1.807) is 20.8 Å². The predicted molar refractivity (Wildman–Crippen MR) is 80.7 cm³/mol. The van der Waals surface area contributed by atoms with Crippen molar-refractivity contribution in [3.63, 3.8) is 0 Å². The molecule has 126 valence electrons. The Hall–Kier alpha value is -1.30. The number of nitrogens with zero attached hydrogens (tertiary/aromatic N) is 1. The summed E-state index contributed by atoms with van der Waals surface area (Å²) in [6.45, 7) is 7.18. The summed E-state index contributed by atoms with van der Waals surface area (Å²) < 4.78 is 10.8. The van der Waals surface area contributed by atoms with Gasteiger partial charge in [-0.25, -0.2) is 9.59 Å². The number of likely N-dealkylation sites (tertiary alicyclic amines) is 1. The maximum atomic E-state index is 12.4. The van der Waals surface area contributed by atoms with E-state index in [1.165, 1.54) is 4.90 Å². The van der Waals surface area contributed by atoms with E-state index in [0.29, 0.717) is 39.0 Å². The molecule has 0 radical (unpaired) electrons. The fourth-order valence-corrected chi connectivity index (χ4v) is 3.41. The molecule has 6 heteroatoms. The Balaban J connectivity index is 2.16. The lowest BCUT2D eigenvalue weighted by molar-refractivity contribution is -0.151. The second-order valence-corrected chi connectivity index (χ2v) is 7.33. The zero-order valence-corrected chi connectivity index (χ0v) is 13.8. The Kier molecular flexibility index (Phi) is 5.00. The summed E-state index contributed by atoms with van der Waals surface area (Å²) >= 11 is 0. The summed E-state index contributed by atoms with van der Waals surface area (Å²) in [7, 11) is 0. The molecule has 2 saturated heterocycles. The van der Waals surface area contributed by atoms with Gasteiger partial charge in [-0.2, -0.15) is 0 Å². The van der Waals surface area contributed by atoms with Crippen LogP contribution in [0.25, 0.3) is 0 Å². The zero-order chi connectivity index (χ0) is 16.4. The van der Waals surface area contributed by atoms with Crippen LogP contribution in [-0.4, -0.2) is 53.0 Å². The molecule has 22 heavy (non-hydrogen) atoms. The van der Waals surface area contributed by atoms with Crippen molar-refractivity contribution in [3.8, 4) is 0 Å². The Morgan fingerprint density at radius 2 is 1.95 bits per heavy atom. The van der Waals surface area contributed by atoms with Crippen LogP contribution in [0.5, 0.6) is 0 Å². The van der Waals surface area contributed by atoms with Crippen molar-refractivity contribution >= 4 is 12.1 Å². The topological polar surface area (TPSA) is 76.1 Å². The number of hydrogen-bond donors (Lipinski definition) is 1. The highest BCUT2D eigenvalue weighted by molar-refractivity contribution is 5.85. The summed E-state index contributed by atoms with van der Waals surface area (Å²) in [5, 5.41) is 9.83. The maximum absolute atomic E-state index is 12.4. The highest BCUT2D eigenvalue weighted by Crippen LogP contribution is 2.39. The third-order valence-electron chi connectivity index (χ3n) is 4.47. The molecule has 0 aromatic rings. The highest BCUT2D eigenvalue weighted by atomic mass is 16.6. The molecule has 2 aliphatic heterocycles. The van der Waals surface area contributed by atoms with Crippen molar-refractivity contribution in [1.29, 1.82) is 0 Å². The van der Waals surface area contributed by atoms with E-state index in [0.717, 1.165) is 12.8 Å². The summed E-state index contributed by atoms with van der Waals surface area (Å²) in [6, 6.07) is 0. The molecule has 1 atom stereocenters. The van der Waals surface area contributed by atoms with E-state index < -0.39 is 23.2 Å². The van der Waals surface area contributed by atoms with Crippen LogP contribution in [0.1, 0.15) is 52.9 Å². The minimum Gasteiger partial charge on any atom is -0.479 e. The van der Waals surface area contributed by atoms with E-state index in [4.69, 9.17) is 9.47 Å². The molecule has 2 fully saturated rings. The van der Waals surface area contributed by atoms with Gasteiger partial charge >= 0.3 is 12.1 Å². The standard InChI is InChI=1S/C16H27NO5/c1-15(2,3)22-14(20)17-8-4-7-16(17,13(18)19)11-12-5-9-21-10-6-12/h12H,4-11H2,1-3H3,(H,18,19). The number of carbonyl (C=O) groups is 2. The van der Waals surface area contributed by atoms with Gasteiger partial charge in [0.25, 0.3) is 0 Å². The molecule has 1 N–H and O–H groups in total. The van der Waals surface area contributed by atoms with Crippen molar-refractivity contribution in [1.82, 2.24) is 4.90 Å². The maximum Gasteiger partial charge on any atom is 0.411 e. The first-order valence-corrected chi connectivity index (χ1v) is 8.06. The van der Waals surface area contributed by atoms with E-state index in [-0.39, 0.29) is 5.92 Å². The van der Waals surface area contributed by atoms with Crippen molar-refractivity contribution in [3.05, 3.63) is 0 Å². The number of carboxylic acids is 1. The van der Waals surface area contributed by atoms with Crippen LogP contribution in [0.2, 0.25) is 0 Å². The molecule has 0 saturated carbocycles. The minimum atomic E-state index is -1.12. The van der Waals surface area contributed by atoms with Gasteiger partial charge in [0.15, 0.2) is 0 Å². The molecule has 1 unspecified atom stereocenters. The first-order chi connectivity index (χ1) is 10.2. The van der Waals surface area contributed by atoms with E-state index in [2.05, 4.69) is 0 Å². The molecule has 0 aromatic heterocycles. The number of ether oxygens (including phenoxy) is 2. The number of aliphatic carboxylic acids is 1. The molecule has 2 aliphatic rings. The van der Waals surface area contributed by atoms with Crippen molar-refractivity contribution < 1.29 is 24.2 Å². The third kappa shape index (κ3) is 3.72. The first-order valence-electron chi connectivity index (χ1n) is 8.06. The lowest BCUT2D eigenvalue weighted by atomic mass is 9.82. The van der Waals surface area contributed by atoms with Crippen LogP contribution in [0, 0.1) is 5.92 Å². The van der Waals surface area contributed by atoms with E-state index in [9.17, 15) is 14.7 Å². The molecule has 2 heterocycles. The molecule has 2 rings (SSSR count). The van der Waals surface area contributed by atoms with Crippen LogP contribution in [0.4, 0.5) is 4.79 Å². The van der Waals surface area contributed by atoms with Gasteiger partial charge in [-0.1, -0.05) is 0 Å². The summed E-state index contributed by atoms with van der Waals surface area (Å²) in [5.41, 5.74) is -1.74. The fourth-order valence-electron chi connectivity index (χ4n) is 3.41. The number of amides is 1. The molecule has 0 aromatic carbocycles. The Morgan fingerprint density at radius 3 is 2.50 bits per heavy atom. The second-order valence-electron chi connectivity index (χ2n) is 7.33. The van der Waals surface area contributed by atoms with E-state index in [1.807, 2.05) is 0 Å². The summed E-state index contributed by atoms with van der Waals surface area (Å²) in [4.78, 5) is 25.9. The monoisotopic (exact) mass is 313 g/mol. The fraction of sp³-hybridized carbons (Fsp3) is 0.875. The van der Waals surface area contributed by atoms with Crippen molar-refractivity contribution in [2.24, 2.45) is 5.92 Å². The van der Waals surface area contributed by atoms with Crippen molar-refractivity contribution in [2.75, 3.05) is 19.8 Å². The molecule has 0 spiro atoms. The molecular weight excluding hydrogens is 286 g/mol. The first kappa shape index (κ1) is 17.1. The molecule has 0 aliphatic carbocycles. The summed E-state index contributed by atoms with van der Waals surface area (Å²) in [5.74, 6) is -0.629. The third-order valence-corrected chi connectivity index (χ3v) is 4.47. The van der Waals surface area contributed by atoms with Crippen molar-refractivity contribution in [2.45, 2.75) is 64.0 Å². The lowest BCUT2D eigenvalue weighted by Crippen LogP contribution is -2.55. The molecular formula is C16H27NO5. The van der Waals surface area contributed by atoms with Gasteiger partial charge in [0.05, 0.1) is 0 Å². The van der Waals surface area contributed by atoms with Crippen LogP contribution in [0.15, 0.2) is 0 Å². The zero-order valence-electron chi connectivity index (χ0n) is 13.8. The number of hydrogen-bond acceptors (Lipinski definition) is 4. The average Bonchev–Trinajstić information content (AvgIpc) is 2.83. The highest BCUT2D eigenvalue weighted by Gasteiger charge is 2.52. The minimum absolute atomic E-state index is 0.285. The van der Waals surface area contributed by atoms with Gasteiger partial charge in [0.2, 0.25) is 0 Å². The van der Waals surface area contributed by atoms with Gasteiger partial charge in [0.1, 0.15) is 11.1 Å². The van der Waals surface area contributed by atoms with Gasteiger partial charge in [-0.3, -0.25) is 4.90 Å². The quantitative estimate of drug-likeness (QED) is 0.867. The number of carboxylic acid groups (broad SMARTS) is 1. The number of carbonyl (C=O) groups excluding carboxylic acids is 1. The van der Waals surface area contributed by atoms with Crippen LogP contribution in [0.3, 0.4) is 0 Å². The SMILES string of the molecule is CC(C)(C)OC(=O)N1CCCC1(CC1CCOCC1)C(=O)O. The Morgan fingerprint density at radius 1 is 1.32 bits per heavy atom. The Labute approximate surface area is 131 Å². The smallest absolute Gasteiger partial charge is 0.411 e. The van der Waals surface area contributed by atoms with Gasteiger partial charge < -0.3 is 14.6 Å². The molecule has 6 nitrogen and oxygen atoms in total. The van der Waals surface area contributed by atoms with Crippen LogP contribution in [-0.2, 0) is 14.3 Å². The predicted octanol–water partition coefficient (Wildman–Crippen LogP) is 2.66. The van der Waals surface area contributed by atoms with Crippen LogP contribution >= 0.6 is 0 Å². The largest absolute Gasteiger partial charge is 0.479 e. The van der Waals surface area contributed by atoms with Gasteiger partial charge in [-0.15, -0.1) is 0 Å². The molecule has 0 bridgehead atoms. The molecule has 1 amide bonds. The lowest BCUT2D eigenvalue weighted by Gasteiger charge is -2.38. The van der Waals surface area contributed by atoms with E-state index >= 15 is 0 Å².